The first-order valence-corrected chi connectivity index (χ1v) is 12.2. The van der Waals surface area contributed by atoms with Crippen LogP contribution in [0, 0.1) is 11.2 Å². The molecule has 3 fully saturated rings. The normalized spacial score (nSPS) is 21.1. The van der Waals surface area contributed by atoms with Crippen molar-refractivity contribution < 1.29 is 9.13 Å². The number of rotatable bonds is 5. The summed E-state index contributed by atoms with van der Waals surface area (Å²) in [5.41, 5.74) is 11.0. The molecule has 0 radical (unpaired) electrons. The maximum atomic E-state index is 14.5. The maximum Gasteiger partial charge on any atom is 0.324 e. The minimum Gasteiger partial charge on any atom is -0.421 e. The van der Waals surface area contributed by atoms with E-state index in [0.717, 1.165) is 72.8 Å². The van der Waals surface area contributed by atoms with Gasteiger partial charge < -0.3 is 25.6 Å². The summed E-state index contributed by atoms with van der Waals surface area (Å²) >= 11 is 0. The Morgan fingerprint density at radius 3 is 2.60 bits per heavy atom. The van der Waals surface area contributed by atoms with Crippen LogP contribution in [0.25, 0.3) is 11.1 Å². The average Bonchev–Trinajstić information content (AvgIpc) is 3.40. The summed E-state index contributed by atoms with van der Waals surface area (Å²) < 4.78 is 20.6. The quantitative estimate of drug-likeness (QED) is 0.452. The van der Waals surface area contributed by atoms with E-state index in [0.29, 0.717) is 24.7 Å². The molecule has 1 spiro atoms. The second-order valence-electron chi connectivity index (χ2n) is 10.1. The standard InChI is InChI=1S/C25H27FN8O/c1-28-18-8-14(26)7-17-16(18)9-19-21(17)22(34-12-20(27)25(13-34)3-4-25)32-24(31-19)35-15-10-29-23(30-11-15)33-5-2-6-33/h7-8,10-11,20,28H,2-6,9,12-13,27H2,1H3/t20-/m0/s1. The van der Waals surface area contributed by atoms with Crippen molar-refractivity contribution in [2.45, 2.75) is 31.7 Å². The van der Waals surface area contributed by atoms with Gasteiger partial charge in [-0.3, -0.25) is 0 Å². The Labute approximate surface area is 202 Å². The molecular formula is C25H27FN8O. The number of nitrogens with two attached hydrogens (primary N) is 1. The molecule has 2 saturated heterocycles. The molecule has 2 aliphatic carbocycles. The van der Waals surface area contributed by atoms with Crippen molar-refractivity contribution in [3.8, 4) is 22.9 Å². The monoisotopic (exact) mass is 474 g/mol. The number of benzene rings is 1. The zero-order valence-electron chi connectivity index (χ0n) is 19.6. The number of halogens is 1. The molecule has 35 heavy (non-hydrogen) atoms. The molecule has 4 heterocycles. The lowest BCUT2D eigenvalue weighted by Gasteiger charge is -2.30. The molecule has 180 valence electrons. The van der Waals surface area contributed by atoms with Crippen LogP contribution in [0.3, 0.4) is 0 Å². The van der Waals surface area contributed by atoms with Gasteiger partial charge in [0.25, 0.3) is 0 Å². The molecule has 9 nitrogen and oxygen atoms in total. The Balaban J connectivity index is 1.28. The molecular weight excluding hydrogens is 447 g/mol. The highest BCUT2D eigenvalue weighted by molar-refractivity contribution is 5.88. The Morgan fingerprint density at radius 2 is 1.94 bits per heavy atom. The van der Waals surface area contributed by atoms with E-state index < -0.39 is 0 Å². The van der Waals surface area contributed by atoms with E-state index >= 15 is 0 Å². The van der Waals surface area contributed by atoms with Gasteiger partial charge in [-0.05, 0) is 42.5 Å². The first kappa shape index (κ1) is 20.8. The first-order valence-electron chi connectivity index (χ1n) is 12.2. The summed E-state index contributed by atoms with van der Waals surface area (Å²) in [5, 5.41) is 3.13. The summed E-state index contributed by atoms with van der Waals surface area (Å²) in [6, 6.07) is 3.45. The van der Waals surface area contributed by atoms with E-state index in [1.165, 1.54) is 6.07 Å². The molecule has 4 aliphatic rings. The van der Waals surface area contributed by atoms with Gasteiger partial charge in [0.1, 0.15) is 11.6 Å². The molecule has 7 rings (SSSR count). The van der Waals surface area contributed by atoms with Crippen LogP contribution in [0.15, 0.2) is 24.5 Å². The van der Waals surface area contributed by atoms with Crippen molar-refractivity contribution in [1.29, 1.82) is 0 Å². The van der Waals surface area contributed by atoms with E-state index in [1.807, 2.05) is 0 Å². The van der Waals surface area contributed by atoms with Gasteiger partial charge in [0.05, 0.1) is 18.1 Å². The van der Waals surface area contributed by atoms with E-state index in [2.05, 4.69) is 25.1 Å². The van der Waals surface area contributed by atoms with Crippen molar-refractivity contribution in [3.05, 3.63) is 41.6 Å². The smallest absolute Gasteiger partial charge is 0.324 e. The van der Waals surface area contributed by atoms with Crippen molar-refractivity contribution in [3.63, 3.8) is 0 Å². The lowest BCUT2D eigenvalue weighted by molar-refractivity contribution is 0.435. The van der Waals surface area contributed by atoms with Crippen LogP contribution in [0.5, 0.6) is 11.8 Å². The van der Waals surface area contributed by atoms with Gasteiger partial charge in [0, 0.05) is 62.4 Å². The molecule has 2 aliphatic heterocycles. The fraction of sp³-hybridized carbons (Fsp3) is 0.440. The van der Waals surface area contributed by atoms with Gasteiger partial charge in [0.2, 0.25) is 5.95 Å². The van der Waals surface area contributed by atoms with E-state index in [-0.39, 0.29) is 23.3 Å². The van der Waals surface area contributed by atoms with Crippen LogP contribution in [-0.2, 0) is 6.42 Å². The van der Waals surface area contributed by atoms with Crippen LogP contribution in [0.1, 0.15) is 30.5 Å². The topological polar surface area (TPSA) is 105 Å². The van der Waals surface area contributed by atoms with Crippen LogP contribution in [0.2, 0.25) is 0 Å². The van der Waals surface area contributed by atoms with Gasteiger partial charge in [-0.25, -0.2) is 14.4 Å². The van der Waals surface area contributed by atoms with Crippen molar-refractivity contribution >= 4 is 17.5 Å². The third-order valence-corrected chi connectivity index (χ3v) is 7.91. The third-order valence-electron chi connectivity index (χ3n) is 7.91. The summed E-state index contributed by atoms with van der Waals surface area (Å²) in [6.07, 6.45) is 7.32. The summed E-state index contributed by atoms with van der Waals surface area (Å²) in [7, 11) is 1.80. The molecule has 1 saturated carbocycles. The van der Waals surface area contributed by atoms with E-state index in [9.17, 15) is 4.39 Å². The lowest BCUT2D eigenvalue weighted by Crippen LogP contribution is -2.38. The molecule has 3 N–H and O–H groups in total. The second kappa shape index (κ2) is 7.48. The number of anilines is 3. The molecule has 0 bridgehead atoms. The Morgan fingerprint density at radius 1 is 1.14 bits per heavy atom. The van der Waals surface area contributed by atoms with Gasteiger partial charge in [0.15, 0.2) is 5.75 Å². The fourth-order valence-corrected chi connectivity index (χ4v) is 5.58. The number of nitrogens with zero attached hydrogens (tertiary/aromatic N) is 6. The zero-order valence-corrected chi connectivity index (χ0v) is 19.6. The number of ether oxygens (including phenoxy) is 1. The SMILES string of the molecule is CNc1cc(F)cc2c1Cc1nc(Oc3cnc(N4CCC4)nc3)nc(N3C[C@H](N)C4(CC4)C3)c1-2. The number of fused-ring (bicyclic) bond motifs is 3. The molecule has 3 aromatic rings. The number of hydrogen-bond donors (Lipinski definition) is 2. The predicted molar refractivity (Wildman–Crippen MR) is 131 cm³/mol. The highest BCUT2D eigenvalue weighted by atomic mass is 19.1. The molecule has 0 unspecified atom stereocenters. The van der Waals surface area contributed by atoms with Gasteiger partial charge in [-0.15, -0.1) is 0 Å². The van der Waals surface area contributed by atoms with E-state index in [4.69, 9.17) is 20.4 Å². The Kier molecular flexibility index (Phi) is 4.45. The molecule has 2 aromatic heterocycles. The van der Waals surface area contributed by atoms with Crippen LogP contribution >= 0.6 is 0 Å². The molecule has 1 atom stereocenters. The number of nitrogens with one attached hydrogen (secondary N) is 1. The third kappa shape index (κ3) is 3.30. The first-order chi connectivity index (χ1) is 17.0. The Hall–Kier alpha value is -3.53. The minimum absolute atomic E-state index is 0.0983. The highest BCUT2D eigenvalue weighted by Gasteiger charge is 2.54. The van der Waals surface area contributed by atoms with Crippen LogP contribution in [0.4, 0.5) is 21.8 Å². The lowest BCUT2D eigenvalue weighted by atomic mass is 10.0. The number of aromatic nitrogens is 4. The molecule has 10 heteroatoms. The summed E-state index contributed by atoms with van der Waals surface area (Å²) in [5.74, 6) is 1.66. The molecule has 0 amide bonds. The zero-order chi connectivity index (χ0) is 23.7. The highest BCUT2D eigenvalue weighted by Crippen LogP contribution is 2.54. The van der Waals surface area contributed by atoms with Crippen molar-refractivity contribution in [2.75, 3.05) is 48.3 Å². The summed E-state index contributed by atoms with van der Waals surface area (Å²) in [6.45, 7) is 3.51. The summed E-state index contributed by atoms with van der Waals surface area (Å²) in [4.78, 5) is 22.8. The van der Waals surface area contributed by atoms with Crippen LogP contribution in [-0.4, -0.2) is 59.2 Å². The minimum atomic E-state index is -0.288. The van der Waals surface area contributed by atoms with Crippen molar-refractivity contribution in [2.24, 2.45) is 11.1 Å². The van der Waals surface area contributed by atoms with Gasteiger partial charge in [-0.2, -0.15) is 9.97 Å². The number of hydrogen-bond acceptors (Lipinski definition) is 9. The van der Waals surface area contributed by atoms with Crippen molar-refractivity contribution in [1.82, 2.24) is 19.9 Å². The van der Waals surface area contributed by atoms with Crippen LogP contribution < -0.4 is 25.6 Å². The largest absolute Gasteiger partial charge is 0.421 e. The maximum absolute atomic E-state index is 14.5. The van der Waals surface area contributed by atoms with E-state index in [1.54, 1.807) is 25.5 Å². The van der Waals surface area contributed by atoms with Gasteiger partial charge in [-0.1, -0.05) is 0 Å². The average molecular weight is 475 g/mol. The fourth-order valence-electron chi connectivity index (χ4n) is 5.58. The van der Waals surface area contributed by atoms with Gasteiger partial charge >= 0.3 is 6.01 Å². The molecule has 1 aromatic carbocycles. The second-order valence-corrected chi connectivity index (χ2v) is 10.1. The Bertz CT molecular complexity index is 1320. The predicted octanol–water partition coefficient (Wildman–Crippen LogP) is 2.95.